The maximum absolute atomic E-state index is 12.5. The van der Waals surface area contributed by atoms with Crippen LogP contribution in [0.25, 0.3) is 0 Å². The molecular formula is C21H28N2O5S. The standard InChI is InChI=1S/C21H28N2O5S/c1-3-5-12-23(13-6-4-2)18-14-16(21(24)25)15-19(29(22,26)27)20(18)28-17-10-8-7-9-11-17/h7-11,14-15H,3-6,12-13H2,1-2H3,(H,24,25)(H2,22,26,27)/i3D2,4D2,12D2,13D2. The number of benzene rings is 2. The quantitative estimate of drug-likeness (QED) is 0.554. The molecule has 2 rings (SSSR count). The van der Waals surface area contributed by atoms with Gasteiger partial charge in [0, 0.05) is 24.0 Å². The summed E-state index contributed by atoms with van der Waals surface area (Å²) in [5.74, 6) is -2.33. The number of nitrogens with zero attached hydrogens (tertiary/aromatic N) is 1. The number of primary sulfonamides is 1. The first-order valence-corrected chi connectivity index (χ1v) is 10.1. The number of nitrogens with two attached hydrogens (primary N) is 1. The fraction of sp³-hybridized carbons (Fsp3) is 0.381. The molecule has 3 N–H and O–H groups in total. The van der Waals surface area contributed by atoms with Crippen LogP contribution in [0.4, 0.5) is 5.69 Å². The lowest BCUT2D eigenvalue weighted by molar-refractivity contribution is 0.0696. The van der Waals surface area contributed by atoms with Crippen molar-refractivity contribution in [1.82, 2.24) is 0 Å². The molecule has 0 unspecified atom stereocenters. The van der Waals surface area contributed by atoms with Gasteiger partial charge in [0.15, 0.2) is 5.75 Å². The summed E-state index contributed by atoms with van der Waals surface area (Å²) < 4.78 is 96.8. The Morgan fingerprint density at radius 3 is 2.21 bits per heavy atom. The van der Waals surface area contributed by atoms with Gasteiger partial charge >= 0.3 is 5.97 Å². The number of carbonyl (C=O) groups is 1. The molecule has 2 aromatic rings. The molecule has 0 fully saturated rings. The zero-order valence-electron chi connectivity index (χ0n) is 24.0. The molecule has 0 aliphatic rings. The molecule has 0 atom stereocenters. The second-order valence-electron chi connectivity index (χ2n) is 5.80. The number of sulfonamides is 1. The summed E-state index contributed by atoms with van der Waals surface area (Å²) in [6, 6.07) is 8.96. The fourth-order valence-electron chi connectivity index (χ4n) is 2.34. The van der Waals surface area contributed by atoms with Gasteiger partial charge in [0.05, 0.1) is 11.3 Å². The normalized spacial score (nSPS) is 17.3. The van der Waals surface area contributed by atoms with E-state index in [1.54, 1.807) is 6.07 Å². The molecule has 8 heteroatoms. The molecule has 0 heterocycles. The van der Waals surface area contributed by atoms with Crippen LogP contribution in [0.3, 0.4) is 0 Å². The first-order valence-electron chi connectivity index (χ1n) is 12.5. The van der Waals surface area contributed by atoms with E-state index in [4.69, 9.17) is 20.8 Å². The molecule has 2 aromatic carbocycles. The van der Waals surface area contributed by atoms with E-state index in [1.807, 2.05) is 0 Å². The molecule has 7 nitrogen and oxygen atoms in total. The Bertz CT molecular complexity index is 1220. The summed E-state index contributed by atoms with van der Waals surface area (Å²) >= 11 is 0. The molecule has 0 saturated heterocycles. The number of rotatable bonds is 11. The van der Waals surface area contributed by atoms with Crippen molar-refractivity contribution in [3.63, 3.8) is 0 Å². The molecule has 29 heavy (non-hydrogen) atoms. The van der Waals surface area contributed by atoms with Crippen LogP contribution >= 0.6 is 0 Å². The molecule has 0 aliphatic heterocycles. The highest BCUT2D eigenvalue weighted by molar-refractivity contribution is 7.89. The largest absolute Gasteiger partial charge is 0.478 e. The van der Waals surface area contributed by atoms with Crippen molar-refractivity contribution in [3.8, 4) is 11.5 Å². The van der Waals surface area contributed by atoms with Gasteiger partial charge in [-0.3, -0.25) is 0 Å². The average molecular weight is 429 g/mol. The molecule has 0 aromatic heterocycles. The molecular weight excluding hydrogens is 392 g/mol. The topological polar surface area (TPSA) is 110 Å². The van der Waals surface area contributed by atoms with Gasteiger partial charge in [0.2, 0.25) is 10.0 Å². The lowest BCUT2D eigenvalue weighted by Gasteiger charge is -2.28. The summed E-state index contributed by atoms with van der Waals surface area (Å²) in [7, 11) is -4.73. The van der Waals surface area contributed by atoms with Crippen LogP contribution in [0.15, 0.2) is 47.4 Å². The van der Waals surface area contributed by atoms with E-state index in [-0.39, 0.29) is 5.75 Å². The highest BCUT2D eigenvalue weighted by Crippen LogP contribution is 2.39. The fourth-order valence-corrected chi connectivity index (χ4v) is 3.04. The van der Waals surface area contributed by atoms with Gasteiger partial charge in [-0.05, 0) is 37.1 Å². The minimum absolute atomic E-state index is 0.0226. The smallest absolute Gasteiger partial charge is 0.335 e. The van der Waals surface area contributed by atoms with Crippen molar-refractivity contribution in [3.05, 3.63) is 48.0 Å². The average Bonchev–Trinajstić information content (AvgIpc) is 2.64. The number of hydrogen-bond donors (Lipinski definition) is 2. The van der Waals surface area contributed by atoms with Crippen molar-refractivity contribution < 1.29 is 34.0 Å². The van der Waals surface area contributed by atoms with E-state index in [9.17, 15) is 18.3 Å². The second kappa shape index (κ2) is 10.3. The Labute approximate surface area is 183 Å². The third-order valence-electron chi connectivity index (χ3n) is 3.62. The van der Waals surface area contributed by atoms with E-state index in [1.165, 1.54) is 24.3 Å². The van der Waals surface area contributed by atoms with Crippen LogP contribution in [0, 0.1) is 0 Å². The van der Waals surface area contributed by atoms with Gasteiger partial charge in [0.25, 0.3) is 0 Å². The molecule has 0 saturated carbocycles. The Balaban J connectivity index is 3.05. The minimum atomic E-state index is -4.73. The lowest BCUT2D eigenvalue weighted by Crippen LogP contribution is -2.27. The van der Waals surface area contributed by atoms with E-state index in [0.29, 0.717) is 11.0 Å². The SMILES string of the molecule is [2H]C([2H])(C)CC([2H])([2H])N(c1cc(C(=O)O)cc(S(N)(=O)=O)c1Oc1ccccc1)C([2H])([2H])CC([2H])([2H])C. The van der Waals surface area contributed by atoms with Gasteiger partial charge in [-0.25, -0.2) is 18.4 Å². The molecule has 0 amide bonds. The van der Waals surface area contributed by atoms with Gasteiger partial charge in [-0.2, -0.15) is 0 Å². The minimum Gasteiger partial charge on any atom is -0.478 e. The van der Waals surface area contributed by atoms with Gasteiger partial charge in [-0.15, -0.1) is 0 Å². The molecule has 0 radical (unpaired) electrons. The van der Waals surface area contributed by atoms with E-state index < -0.39 is 76.5 Å². The van der Waals surface area contributed by atoms with Crippen molar-refractivity contribution in [2.45, 2.75) is 44.3 Å². The Morgan fingerprint density at radius 1 is 1.14 bits per heavy atom. The van der Waals surface area contributed by atoms with Gasteiger partial charge in [-0.1, -0.05) is 44.8 Å². The van der Waals surface area contributed by atoms with Crippen LogP contribution in [0.2, 0.25) is 0 Å². The van der Waals surface area contributed by atoms with Crippen LogP contribution in [-0.2, 0) is 10.0 Å². The number of aromatic carboxylic acids is 1. The van der Waals surface area contributed by atoms with Crippen molar-refractivity contribution in [2.75, 3.05) is 17.9 Å². The van der Waals surface area contributed by atoms with Gasteiger partial charge < -0.3 is 14.7 Å². The first kappa shape index (κ1) is 13.6. The highest BCUT2D eigenvalue weighted by atomic mass is 32.2. The molecule has 0 aliphatic carbocycles. The molecule has 0 bridgehead atoms. The Morgan fingerprint density at radius 2 is 1.72 bits per heavy atom. The van der Waals surface area contributed by atoms with E-state index in [2.05, 4.69) is 0 Å². The van der Waals surface area contributed by atoms with E-state index >= 15 is 0 Å². The number of carboxylic acid groups (broad SMARTS) is 1. The first-order chi connectivity index (χ1) is 16.5. The number of ether oxygens (including phenoxy) is 1. The summed E-state index contributed by atoms with van der Waals surface area (Å²) in [5.41, 5.74) is -1.41. The lowest BCUT2D eigenvalue weighted by atomic mass is 10.1. The van der Waals surface area contributed by atoms with Crippen LogP contribution in [0.5, 0.6) is 11.5 Å². The monoisotopic (exact) mass is 428 g/mol. The third-order valence-corrected chi connectivity index (χ3v) is 4.54. The number of carboxylic acids is 1. The number of anilines is 1. The Kier molecular flexibility index (Phi) is 4.82. The van der Waals surface area contributed by atoms with Crippen molar-refractivity contribution in [2.24, 2.45) is 5.14 Å². The third kappa shape index (κ3) is 6.20. The summed E-state index contributed by atoms with van der Waals surface area (Å²) in [6.45, 7) is -3.81. The predicted octanol–water partition coefficient (Wildman–Crippen LogP) is 4.23. The van der Waals surface area contributed by atoms with Crippen molar-refractivity contribution in [1.29, 1.82) is 0 Å². The highest BCUT2D eigenvalue weighted by Gasteiger charge is 2.26. The van der Waals surface area contributed by atoms with E-state index in [0.717, 1.165) is 19.9 Å². The van der Waals surface area contributed by atoms with Crippen molar-refractivity contribution >= 4 is 21.7 Å². The van der Waals surface area contributed by atoms with Gasteiger partial charge in [0.1, 0.15) is 10.6 Å². The van der Waals surface area contributed by atoms with Crippen LogP contribution in [-0.4, -0.2) is 32.5 Å². The van der Waals surface area contributed by atoms with Crippen LogP contribution < -0.4 is 14.8 Å². The molecule has 0 spiro atoms. The number of hydrogen-bond acceptors (Lipinski definition) is 5. The predicted molar refractivity (Wildman–Crippen MR) is 113 cm³/mol. The molecule has 158 valence electrons. The maximum atomic E-state index is 12.5. The second-order valence-corrected chi connectivity index (χ2v) is 7.33. The Hall–Kier alpha value is -2.58. The van der Waals surface area contributed by atoms with Crippen LogP contribution in [0.1, 0.15) is 60.8 Å². The zero-order chi connectivity index (χ0) is 28.6. The maximum Gasteiger partial charge on any atom is 0.335 e. The summed E-state index contributed by atoms with van der Waals surface area (Å²) in [5, 5.41) is 15.0. The number of para-hydroxylation sites is 1. The summed E-state index contributed by atoms with van der Waals surface area (Å²) in [4.78, 5) is 11.3. The zero-order valence-corrected chi connectivity index (χ0v) is 16.8. The summed E-state index contributed by atoms with van der Waals surface area (Å²) in [6.07, 6.45) is -6.34.